The molecular weight excluding hydrogens is 341 g/mol. The lowest BCUT2D eigenvalue weighted by Crippen LogP contribution is -2.13. The lowest BCUT2D eigenvalue weighted by atomic mass is 10.0. The summed E-state index contributed by atoms with van der Waals surface area (Å²) in [5.41, 5.74) is 5.15. The summed E-state index contributed by atoms with van der Waals surface area (Å²) in [7, 11) is 1.34. The van der Waals surface area contributed by atoms with Gasteiger partial charge in [-0.15, -0.1) is 0 Å². The Morgan fingerprint density at radius 1 is 0.880 bits per heavy atom. The molecule has 0 heterocycles. The first-order valence-electron chi connectivity index (χ1n) is 7.63. The van der Waals surface area contributed by atoms with Gasteiger partial charge in [0.05, 0.1) is 5.60 Å². The molecule has 3 rings (SSSR count). The van der Waals surface area contributed by atoms with Crippen molar-refractivity contribution >= 4 is 0 Å². The maximum atomic E-state index is 14.2. The summed E-state index contributed by atoms with van der Waals surface area (Å²) < 4.78 is 74.1. The lowest BCUT2D eigenvalue weighted by Gasteiger charge is -2.11. The number of hydrogen-bond acceptors (Lipinski definition) is 2. The van der Waals surface area contributed by atoms with Crippen LogP contribution in [0.2, 0.25) is 0 Å². The van der Waals surface area contributed by atoms with Gasteiger partial charge in [0.2, 0.25) is 5.82 Å². The molecule has 2 N–H and O–H groups in total. The quantitative estimate of drug-likeness (QED) is 0.507. The van der Waals surface area contributed by atoms with E-state index in [4.69, 9.17) is 10.5 Å². The highest BCUT2D eigenvalue weighted by molar-refractivity contribution is 5.47. The Kier molecular flexibility index (Phi) is 4.33. The summed E-state index contributed by atoms with van der Waals surface area (Å²) >= 11 is 0. The maximum Gasteiger partial charge on any atom is 0.200 e. The second-order valence-electron chi connectivity index (χ2n) is 6.27. The maximum absolute atomic E-state index is 14.2. The van der Waals surface area contributed by atoms with Crippen LogP contribution in [-0.4, -0.2) is 12.7 Å². The van der Waals surface area contributed by atoms with Crippen LogP contribution in [-0.2, 0) is 11.3 Å². The van der Waals surface area contributed by atoms with Gasteiger partial charge in [0.15, 0.2) is 23.3 Å². The van der Waals surface area contributed by atoms with E-state index in [1.54, 1.807) is 31.2 Å². The average molecular weight is 357 g/mol. The lowest BCUT2D eigenvalue weighted by molar-refractivity contribution is 0.0850. The Hall–Kier alpha value is -1.99. The number of nitrogens with two attached hydrogens (primary N) is 1. The van der Waals surface area contributed by atoms with Gasteiger partial charge in [-0.25, -0.2) is 22.0 Å². The van der Waals surface area contributed by atoms with E-state index >= 15 is 0 Å². The minimum Gasteiger partial charge on any atom is -0.377 e. The molecule has 1 aliphatic carbocycles. The molecule has 2 aromatic rings. The van der Waals surface area contributed by atoms with Gasteiger partial charge < -0.3 is 10.5 Å². The molecule has 1 saturated carbocycles. The fourth-order valence-corrected chi connectivity index (χ4v) is 3.48. The average Bonchev–Trinajstić information content (AvgIpc) is 3.24. The van der Waals surface area contributed by atoms with Crippen molar-refractivity contribution in [2.45, 2.75) is 30.9 Å². The van der Waals surface area contributed by atoms with Crippen LogP contribution in [0, 0.1) is 29.1 Å². The van der Waals surface area contributed by atoms with Crippen LogP contribution in [0.25, 0.3) is 0 Å². The number of methoxy groups -OCH3 is 1. The van der Waals surface area contributed by atoms with Crippen LogP contribution in [0.3, 0.4) is 0 Å². The van der Waals surface area contributed by atoms with Gasteiger partial charge in [0.1, 0.15) is 0 Å². The molecule has 25 heavy (non-hydrogen) atoms. The molecule has 1 fully saturated rings. The molecule has 0 radical (unpaired) electrons. The van der Waals surface area contributed by atoms with Crippen LogP contribution < -0.4 is 5.73 Å². The van der Waals surface area contributed by atoms with Crippen molar-refractivity contribution in [1.82, 2.24) is 0 Å². The van der Waals surface area contributed by atoms with Crippen molar-refractivity contribution in [3.8, 4) is 0 Å². The highest BCUT2D eigenvalue weighted by atomic mass is 19.2. The molecule has 3 unspecified atom stereocenters. The fourth-order valence-electron chi connectivity index (χ4n) is 3.48. The number of ether oxygens (including phenoxy) is 1. The van der Waals surface area contributed by atoms with E-state index in [1.165, 1.54) is 7.11 Å². The van der Waals surface area contributed by atoms with Crippen molar-refractivity contribution in [3.05, 3.63) is 70.0 Å². The molecule has 2 aromatic carbocycles. The van der Waals surface area contributed by atoms with Crippen molar-refractivity contribution in [2.24, 2.45) is 5.73 Å². The van der Waals surface area contributed by atoms with Crippen LogP contribution in [0.5, 0.6) is 0 Å². The molecule has 134 valence electrons. The second-order valence-corrected chi connectivity index (χ2v) is 6.27. The molecule has 0 aromatic heterocycles. The van der Waals surface area contributed by atoms with E-state index in [1.807, 2.05) is 0 Å². The Bertz CT molecular complexity index is 794. The SMILES string of the molecule is COC1(C)C(c2ccc(CN)cc2)C1c1c(F)c(F)c(F)c(F)c1F. The highest BCUT2D eigenvalue weighted by Crippen LogP contribution is 2.66. The van der Waals surface area contributed by atoms with E-state index < -0.39 is 52.1 Å². The zero-order valence-electron chi connectivity index (χ0n) is 13.5. The molecule has 0 aliphatic heterocycles. The largest absolute Gasteiger partial charge is 0.377 e. The van der Waals surface area contributed by atoms with Gasteiger partial charge in [0, 0.05) is 31.1 Å². The van der Waals surface area contributed by atoms with Gasteiger partial charge in [0.25, 0.3) is 0 Å². The smallest absolute Gasteiger partial charge is 0.200 e. The van der Waals surface area contributed by atoms with E-state index in [0.29, 0.717) is 12.1 Å². The first-order chi connectivity index (χ1) is 11.8. The first-order valence-corrected chi connectivity index (χ1v) is 7.63. The minimum atomic E-state index is -2.16. The third-order valence-electron chi connectivity index (χ3n) is 5.03. The van der Waals surface area contributed by atoms with Crippen LogP contribution >= 0.6 is 0 Å². The van der Waals surface area contributed by atoms with E-state index in [0.717, 1.165) is 5.56 Å². The van der Waals surface area contributed by atoms with E-state index in [-0.39, 0.29) is 0 Å². The van der Waals surface area contributed by atoms with Crippen molar-refractivity contribution in [3.63, 3.8) is 0 Å². The number of hydrogen-bond donors (Lipinski definition) is 1. The molecule has 0 spiro atoms. The molecule has 0 saturated heterocycles. The predicted octanol–water partition coefficient (Wildman–Crippen LogP) is 4.13. The molecule has 3 atom stereocenters. The minimum absolute atomic E-state index is 0.327. The summed E-state index contributed by atoms with van der Waals surface area (Å²) in [6, 6.07) is 6.94. The van der Waals surface area contributed by atoms with Crippen LogP contribution in [0.4, 0.5) is 22.0 Å². The van der Waals surface area contributed by atoms with Gasteiger partial charge in [-0.3, -0.25) is 0 Å². The van der Waals surface area contributed by atoms with E-state index in [2.05, 4.69) is 0 Å². The van der Waals surface area contributed by atoms with Gasteiger partial charge in [-0.1, -0.05) is 24.3 Å². The molecule has 7 heteroatoms. The van der Waals surface area contributed by atoms with Crippen LogP contribution in [0.1, 0.15) is 35.4 Å². The summed E-state index contributed by atoms with van der Waals surface area (Å²) in [5, 5.41) is 0. The zero-order valence-corrected chi connectivity index (χ0v) is 13.5. The van der Waals surface area contributed by atoms with Gasteiger partial charge >= 0.3 is 0 Å². The highest BCUT2D eigenvalue weighted by Gasteiger charge is 2.65. The van der Waals surface area contributed by atoms with Crippen molar-refractivity contribution in [2.75, 3.05) is 7.11 Å². The summed E-state index contributed by atoms with van der Waals surface area (Å²) in [4.78, 5) is 0. The third-order valence-corrected chi connectivity index (χ3v) is 5.03. The van der Waals surface area contributed by atoms with Crippen molar-refractivity contribution in [1.29, 1.82) is 0 Å². The van der Waals surface area contributed by atoms with Gasteiger partial charge in [-0.2, -0.15) is 0 Å². The molecule has 1 aliphatic rings. The zero-order chi connectivity index (χ0) is 18.5. The van der Waals surface area contributed by atoms with Crippen molar-refractivity contribution < 1.29 is 26.7 Å². The standard InChI is InChI=1S/C18H16F5NO/c1-18(25-2)11(9-5-3-8(7-24)4-6-9)12(18)10-13(19)15(21)17(23)16(22)14(10)20/h3-6,11-12H,7,24H2,1-2H3. The van der Waals surface area contributed by atoms with Gasteiger partial charge in [-0.05, 0) is 18.1 Å². The number of rotatable bonds is 4. The second kappa shape index (κ2) is 6.07. The molecule has 0 bridgehead atoms. The Labute approximate surface area is 141 Å². The Morgan fingerprint density at radius 2 is 1.36 bits per heavy atom. The summed E-state index contributed by atoms with van der Waals surface area (Å²) in [6.07, 6.45) is 0. The summed E-state index contributed by atoms with van der Waals surface area (Å²) in [6.45, 7) is 1.91. The fraction of sp³-hybridized carbons (Fsp3) is 0.333. The monoisotopic (exact) mass is 357 g/mol. The Morgan fingerprint density at radius 3 is 1.80 bits per heavy atom. The Balaban J connectivity index is 2.11. The topological polar surface area (TPSA) is 35.2 Å². The third kappa shape index (κ3) is 2.53. The van der Waals surface area contributed by atoms with E-state index in [9.17, 15) is 22.0 Å². The number of benzene rings is 2. The summed E-state index contributed by atoms with van der Waals surface area (Å²) in [5.74, 6) is -11.2. The number of halogens is 5. The molecule has 0 amide bonds. The molecular formula is C18H16F5NO. The normalized spacial score (nSPS) is 25.3. The van der Waals surface area contributed by atoms with Crippen LogP contribution in [0.15, 0.2) is 24.3 Å². The predicted molar refractivity (Wildman–Crippen MR) is 81.5 cm³/mol. The first kappa shape index (κ1) is 17.8. The molecule has 2 nitrogen and oxygen atoms in total.